The summed E-state index contributed by atoms with van der Waals surface area (Å²) in [6, 6.07) is 17.0. The van der Waals surface area contributed by atoms with Gasteiger partial charge in [-0.2, -0.15) is 0 Å². The number of Topliss-reactive ketones (excluding diaryl/α,β-unsaturated/α-hetero) is 1. The van der Waals surface area contributed by atoms with Crippen LogP contribution in [0.3, 0.4) is 0 Å². The van der Waals surface area contributed by atoms with Gasteiger partial charge in [-0.05, 0) is 66.4 Å². The van der Waals surface area contributed by atoms with Crippen molar-refractivity contribution in [1.82, 2.24) is 5.32 Å². The molecule has 3 aromatic carbocycles. The Morgan fingerprint density at radius 2 is 1.56 bits per heavy atom. The van der Waals surface area contributed by atoms with Crippen molar-refractivity contribution in [2.24, 2.45) is 0 Å². The monoisotopic (exact) mass is 582 g/mol. The van der Waals surface area contributed by atoms with Crippen molar-refractivity contribution in [3.63, 3.8) is 0 Å². The second kappa shape index (κ2) is 10.2. The molecule has 1 unspecified atom stereocenters. The summed E-state index contributed by atoms with van der Waals surface area (Å²) in [5, 5.41) is 7.59. The van der Waals surface area contributed by atoms with E-state index in [-0.39, 0.29) is 30.1 Å². The normalized spacial score (nSPS) is 24.8. The van der Waals surface area contributed by atoms with Gasteiger partial charge in [0, 0.05) is 51.5 Å². The molecule has 1 spiro atoms. The van der Waals surface area contributed by atoms with E-state index >= 15 is 0 Å². The van der Waals surface area contributed by atoms with Gasteiger partial charge >= 0.3 is 0 Å². The molecular formula is C30H25Cl3N2O4. The summed E-state index contributed by atoms with van der Waals surface area (Å²) in [4.78, 5) is 39.4. The maximum absolute atomic E-state index is 14.3. The molecule has 0 bridgehead atoms. The number of halogens is 3. The summed E-state index contributed by atoms with van der Waals surface area (Å²) in [7, 11) is 0. The molecule has 2 heterocycles. The van der Waals surface area contributed by atoms with Gasteiger partial charge in [-0.15, -0.1) is 0 Å². The third-order valence-corrected chi connectivity index (χ3v) is 8.77. The second-order valence-electron chi connectivity index (χ2n) is 10.4. The first-order valence-corrected chi connectivity index (χ1v) is 14.0. The molecule has 39 heavy (non-hydrogen) atoms. The van der Waals surface area contributed by atoms with E-state index in [1.807, 2.05) is 18.2 Å². The van der Waals surface area contributed by atoms with E-state index in [0.29, 0.717) is 57.8 Å². The molecule has 2 amide bonds. The van der Waals surface area contributed by atoms with Crippen LogP contribution in [0.15, 0.2) is 60.7 Å². The number of nitrogens with one attached hydrogen (secondary N) is 2. The molecule has 6 nitrogen and oxygen atoms in total. The molecule has 0 radical (unpaired) electrons. The Bertz CT molecular complexity index is 1500. The Morgan fingerprint density at radius 3 is 2.33 bits per heavy atom. The van der Waals surface area contributed by atoms with Crippen LogP contribution in [0.5, 0.6) is 5.75 Å². The number of piperidine rings is 1. The van der Waals surface area contributed by atoms with Gasteiger partial charge in [-0.25, -0.2) is 0 Å². The van der Waals surface area contributed by atoms with Crippen molar-refractivity contribution in [3.05, 3.63) is 92.4 Å². The minimum Gasteiger partial charge on any atom is -0.490 e. The lowest BCUT2D eigenvalue weighted by Gasteiger charge is -2.46. The zero-order chi connectivity index (χ0) is 27.3. The Balaban J connectivity index is 1.55. The topological polar surface area (TPSA) is 84.5 Å². The van der Waals surface area contributed by atoms with Crippen molar-refractivity contribution in [3.8, 4) is 5.75 Å². The van der Waals surface area contributed by atoms with E-state index in [9.17, 15) is 14.4 Å². The summed E-state index contributed by atoms with van der Waals surface area (Å²) < 4.78 is 6.45. The quantitative estimate of drug-likeness (QED) is 0.355. The molecule has 3 aromatic rings. The van der Waals surface area contributed by atoms with Crippen LogP contribution in [0.2, 0.25) is 15.1 Å². The summed E-state index contributed by atoms with van der Waals surface area (Å²) in [5.41, 5.74) is 1.44. The summed E-state index contributed by atoms with van der Waals surface area (Å²) in [6.07, 6.45) is 2.06. The van der Waals surface area contributed by atoms with Gasteiger partial charge in [0.05, 0.1) is 12.1 Å². The number of hydrogen-bond acceptors (Lipinski definition) is 4. The molecule has 1 saturated heterocycles. The maximum Gasteiger partial charge on any atom is 0.238 e. The number of rotatable bonds is 4. The fraction of sp³-hybridized carbons (Fsp3) is 0.300. The molecule has 3 atom stereocenters. The number of fused-ring (bicyclic) bond motifs is 2. The molecule has 2 fully saturated rings. The predicted octanol–water partition coefficient (Wildman–Crippen LogP) is 6.77. The lowest BCUT2D eigenvalue weighted by atomic mass is 9.59. The molecule has 0 aromatic heterocycles. The highest BCUT2D eigenvalue weighted by atomic mass is 35.5. The van der Waals surface area contributed by atoms with E-state index in [2.05, 4.69) is 10.6 Å². The lowest BCUT2D eigenvalue weighted by Crippen LogP contribution is -2.57. The minimum absolute atomic E-state index is 0.0772. The number of carbonyl (C=O) groups excluding carboxylic acids is 3. The molecule has 6 rings (SSSR count). The van der Waals surface area contributed by atoms with Crippen LogP contribution in [0, 0.1) is 0 Å². The van der Waals surface area contributed by atoms with Gasteiger partial charge < -0.3 is 15.4 Å². The Kier molecular flexibility index (Phi) is 6.82. The number of amides is 2. The number of hydrogen-bond donors (Lipinski definition) is 2. The Hall–Kier alpha value is -3.06. The smallest absolute Gasteiger partial charge is 0.238 e. The average molecular weight is 584 g/mol. The zero-order valence-corrected chi connectivity index (χ0v) is 23.1. The van der Waals surface area contributed by atoms with Crippen LogP contribution in [-0.4, -0.2) is 23.7 Å². The molecule has 1 aliphatic carbocycles. The third-order valence-electron chi connectivity index (χ3n) is 8.07. The fourth-order valence-electron chi connectivity index (χ4n) is 6.33. The predicted molar refractivity (Wildman–Crippen MR) is 151 cm³/mol. The van der Waals surface area contributed by atoms with Crippen LogP contribution in [-0.2, 0) is 19.8 Å². The first-order chi connectivity index (χ1) is 18.8. The molecular weight excluding hydrogens is 559 g/mol. The van der Waals surface area contributed by atoms with Gasteiger partial charge in [-0.1, -0.05) is 53.0 Å². The zero-order valence-electron chi connectivity index (χ0n) is 20.8. The Labute approximate surface area is 241 Å². The van der Waals surface area contributed by atoms with E-state index in [0.717, 1.165) is 11.1 Å². The summed E-state index contributed by atoms with van der Waals surface area (Å²) in [5.74, 6) is -0.266. The fourth-order valence-corrected chi connectivity index (χ4v) is 6.88. The first kappa shape index (κ1) is 26.2. The molecule has 200 valence electrons. The van der Waals surface area contributed by atoms with E-state index in [4.69, 9.17) is 39.5 Å². The number of ketones is 1. The molecule has 1 saturated carbocycles. The summed E-state index contributed by atoms with van der Waals surface area (Å²) in [6.45, 7) is 0. The van der Waals surface area contributed by atoms with Crippen molar-refractivity contribution in [1.29, 1.82) is 0 Å². The SMILES string of the molecule is O=C1CCC(Oc2ccc(Cl)cc2[C@H]2NC(=O)C[C@@H](c3cccc(Cl)c3)C23C(=O)Nc2cc(Cl)ccc23)CC1. The molecule has 2 aliphatic heterocycles. The van der Waals surface area contributed by atoms with E-state index in [1.165, 1.54) is 0 Å². The van der Waals surface area contributed by atoms with E-state index < -0.39 is 17.4 Å². The number of benzene rings is 3. The first-order valence-electron chi connectivity index (χ1n) is 12.9. The van der Waals surface area contributed by atoms with Crippen LogP contribution >= 0.6 is 34.8 Å². The highest BCUT2D eigenvalue weighted by molar-refractivity contribution is 6.31. The maximum atomic E-state index is 14.3. The van der Waals surface area contributed by atoms with Gasteiger partial charge in [0.1, 0.15) is 16.9 Å². The summed E-state index contributed by atoms with van der Waals surface area (Å²) >= 11 is 19.2. The van der Waals surface area contributed by atoms with Crippen LogP contribution in [0.4, 0.5) is 5.69 Å². The van der Waals surface area contributed by atoms with Crippen molar-refractivity contribution < 1.29 is 19.1 Å². The highest BCUT2D eigenvalue weighted by Crippen LogP contribution is 2.58. The third kappa shape index (κ3) is 4.58. The van der Waals surface area contributed by atoms with Gasteiger partial charge in [0.2, 0.25) is 11.8 Å². The van der Waals surface area contributed by atoms with Crippen LogP contribution < -0.4 is 15.4 Å². The highest BCUT2D eigenvalue weighted by Gasteiger charge is 2.61. The van der Waals surface area contributed by atoms with Gasteiger partial charge in [0.15, 0.2) is 0 Å². The van der Waals surface area contributed by atoms with Crippen LogP contribution in [0.1, 0.15) is 60.8 Å². The molecule has 2 N–H and O–H groups in total. The van der Waals surface area contributed by atoms with E-state index in [1.54, 1.807) is 42.5 Å². The Morgan fingerprint density at radius 1 is 0.846 bits per heavy atom. The van der Waals surface area contributed by atoms with Crippen molar-refractivity contribution in [2.45, 2.75) is 55.6 Å². The number of ether oxygens (including phenoxy) is 1. The molecule has 3 aliphatic rings. The van der Waals surface area contributed by atoms with Crippen molar-refractivity contribution in [2.75, 3.05) is 5.32 Å². The van der Waals surface area contributed by atoms with Crippen LogP contribution in [0.25, 0.3) is 0 Å². The second-order valence-corrected chi connectivity index (χ2v) is 11.7. The van der Waals surface area contributed by atoms with Gasteiger partial charge in [0.25, 0.3) is 0 Å². The number of anilines is 1. The van der Waals surface area contributed by atoms with Gasteiger partial charge in [-0.3, -0.25) is 14.4 Å². The molecule has 9 heteroatoms. The average Bonchev–Trinajstić information content (AvgIpc) is 3.18. The number of carbonyl (C=O) groups is 3. The lowest BCUT2D eigenvalue weighted by molar-refractivity contribution is -0.131. The minimum atomic E-state index is -1.25. The standard InChI is InChI=1S/C30H25Cl3N2O4/c31-17-3-1-2-16(12-17)24-15-27(37)35-28(30(24)23-10-4-19(33)14-25(23)34-29(30)38)22-13-18(32)5-11-26(22)39-21-8-6-20(36)7-9-21/h1-5,10-14,21,24,28H,6-9,15H2,(H,34,38)(H,35,37)/t24-,28+,30?/m0/s1. The largest absolute Gasteiger partial charge is 0.490 e. The van der Waals surface area contributed by atoms with Crippen molar-refractivity contribution >= 4 is 58.1 Å².